The number of allylic oxidation sites excluding steroid dienone is 2. The summed E-state index contributed by atoms with van der Waals surface area (Å²) in [5.74, 6) is -1.24. The summed E-state index contributed by atoms with van der Waals surface area (Å²) in [5.41, 5.74) is 0. The first-order chi connectivity index (χ1) is 16.7. The number of benzene rings is 2. The van der Waals surface area contributed by atoms with Gasteiger partial charge in [0.05, 0.1) is 6.10 Å². The summed E-state index contributed by atoms with van der Waals surface area (Å²) in [6, 6.07) is 19.7. The fraction of sp³-hybridized carbons (Fsp3) is 0.483. The summed E-state index contributed by atoms with van der Waals surface area (Å²) in [5, 5.41) is 20.7. The lowest BCUT2D eigenvalue weighted by molar-refractivity contribution is -0.137. The Balaban J connectivity index is 1.74. The Morgan fingerprint density at radius 1 is 1.03 bits per heavy atom. The molecule has 3 rings (SSSR count). The fourth-order valence-electron chi connectivity index (χ4n) is 5.62. The second-order valence-corrected chi connectivity index (χ2v) is 14.4. The molecule has 0 saturated heterocycles. The molecule has 0 radical (unpaired) electrons. The minimum absolute atomic E-state index is 0.135. The van der Waals surface area contributed by atoms with E-state index >= 15 is 4.39 Å². The Morgan fingerprint density at radius 3 is 2.14 bits per heavy atom. The van der Waals surface area contributed by atoms with Gasteiger partial charge in [0.1, 0.15) is 6.17 Å². The van der Waals surface area contributed by atoms with Crippen molar-refractivity contribution in [3.63, 3.8) is 0 Å². The van der Waals surface area contributed by atoms with E-state index < -0.39 is 31.6 Å². The van der Waals surface area contributed by atoms with Gasteiger partial charge in [0.25, 0.3) is 8.32 Å². The second-order valence-electron chi connectivity index (χ2n) is 10.5. The van der Waals surface area contributed by atoms with E-state index in [0.29, 0.717) is 32.1 Å². The number of carboxylic acids is 1. The molecule has 0 aliphatic heterocycles. The first-order valence-electron chi connectivity index (χ1n) is 12.7. The van der Waals surface area contributed by atoms with Crippen LogP contribution in [0.15, 0.2) is 72.8 Å². The van der Waals surface area contributed by atoms with Crippen LogP contribution in [0, 0.1) is 11.8 Å². The van der Waals surface area contributed by atoms with Crippen LogP contribution < -0.4 is 10.4 Å². The molecule has 4 atom stereocenters. The SMILES string of the molecule is CC(C)(CC[C@@H]1[C@@H](C/C=C\CCCC(=O)O)[C@@H](O)C[C@@H]1F)[Si](O)(c1ccccc1)c1ccccc1. The highest BCUT2D eigenvalue weighted by Crippen LogP contribution is 2.46. The van der Waals surface area contributed by atoms with Crippen molar-refractivity contribution in [1.29, 1.82) is 0 Å². The van der Waals surface area contributed by atoms with E-state index in [1.165, 1.54) is 0 Å². The van der Waals surface area contributed by atoms with E-state index in [4.69, 9.17) is 5.11 Å². The summed E-state index contributed by atoms with van der Waals surface area (Å²) in [7, 11) is -3.16. The van der Waals surface area contributed by atoms with Crippen molar-refractivity contribution in [2.45, 2.75) is 76.1 Å². The van der Waals surface area contributed by atoms with Gasteiger partial charge < -0.3 is 15.0 Å². The molecule has 4 nitrogen and oxygen atoms in total. The Labute approximate surface area is 209 Å². The Bertz CT molecular complexity index is 924. The van der Waals surface area contributed by atoms with Gasteiger partial charge in [-0.25, -0.2) is 4.39 Å². The molecule has 1 saturated carbocycles. The van der Waals surface area contributed by atoms with Crippen LogP contribution in [0.2, 0.25) is 5.04 Å². The van der Waals surface area contributed by atoms with Gasteiger partial charge in [-0.05, 0) is 59.4 Å². The molecule has 0 spiro atoms. The molecule has 0 heterocycles. The zero-order chi connectivity index (χ0) is 25.5. The van der Waals surface area contributed by atoms with Crippen molar-refractivity contribution in [3.05, 3.63) is 72.8 Å². The fourth-order valence-corrected chi connectivity index (χ4v) is 9.37. The highest BCUT2D eigenvalue weighted by molar-refractivity contribution is 6.98. The molecule has 2 aromatic rings. The minimum atomic E-state index is -3.16. The lowest BCUT2D eigenvalue weighted by Gasteiger charge is -2.42. The molecule has 1 aliphatic rings. The maximum absolute atomic E-state index is 15.0. The quantitative estimate of drug-likeness (QED) is 0.222. The molecule has 0 unspecified atom stereocenters. The van der Waals surface area contributed by atoms with E-state index in [-0.39, 0.29) is 24.7 Å². The largest absolute Gasteiger partial charge is 0.481 e. The van der Waals surface area contributed by atoms with Crippen LogP contribution in [0.4, 0.5) is 4.39 Å². The number of halogens is 1. The second kappa shape index (κ2) is 12.1. The van der Waals surface area contributed by atoms with E-state index in [0.717, 1.165) is 10.4 Å². The number of carbonyl (C=O) groups is 1. The number of aliphatic hydroxyl groups is 1. The molecule has 0 amide bonds. The van der Waals surface area contributed by atoms with Crippen LogP contribution in [0.1, 0.15) is 58.8 Å². The van der Waals surface area contributed by atoms with Crippen molar-refractivity contribution >= 4 is 24.7 Å². The number of carboxylic acid groups (broad SMARTS) is 1. The predicted octanol–water partition coefficient (Wildman–Crippen LogP) is 4.84. The molecule has 190 valence electrons. The molecule has 1 fully saturated rings. The van der Waals surface area contributed by atoms with Gasteiger partial charge in [0.15, 0.2) is 0 Å². The number of alkyl halides is 1. The molecule has 6 heteroatoms. The maximum atomic E-state index is 15.0. The van der Waals surface area contributed by atoms with Crippen LogP contribution >= 0.6 is 0 Å². The highest BCUT2D eigenvalue weighted by atomic mass is 28.4. The van der Waals surface area contributed by atoms with E-state index in [9.17, 15) is 14.7 Å². The zero-order valence-corrected chi connectivity index (χ0v) is 21.8. The summed E-state index contributed by atoms with van der Waals surface area (Å²) in [6.45, 7) is 4.18. The van der Waals surface area contributed by atoms with Crippen molar-refractivity contribution in [2.75, 3.05) is 0 Å². The van der Waals surface area contributed by atoms with Crippen molar-refractivity contribution in [1.82, 2.24) is 0 Å². The standard InChI is InChI=1S/C29H39FO4Si/c1-29(2,35(34,22-13-7-5-8-14-22)23-15-9-6-10-16-23)20-19-24-25(27(31)21-26(24)30)17-11-3-4-12-18-28(32)33/h3,5-11,13-16,24-27,31,34H,4,12,17-21H2,1-2H3,(H,32,33)/b11-3-/t24-,25-,26+,27+/m1/s1. The monoisotopic (exact) mass is 498 g/mol. The van der Waals surface area contributed by atoms with Gasteiger partial charge in [-0.15, -0.1) is 0 Å². The van der Waals surface area contributed by atoms with Crippen molar-refractivity contribution in [3.8, 4) is 0 Å². The lowest BCUT2D eigenvalue weighted by atomic mass is 9.85. The topological polar surface area (TPSA) is 77.8 Å². The Morgan fingerprint density at radius 2 is 1.60 bits per heavy atom. The number of hydrogen-bond donors (Lipinski definition) is 3. The average Bonchev–Trinajstić information content (AvgIpc) is 3.12. The van der Waals surface area contributed by atoms with Gasteiger partial charge in [-0.3, -0.25) is 4.79 Å². The average molecular weight is 499 g/mol. The van der Waals surface area contributed by atoms with Crippen LogP contribution in [0.25, 0.3) is 0 Å². The highest BCUT2D eigenvalue weighted by Gasteiger charge is 2.51. The van der Waals surface area contributed by atoms with E-state index in [2.05, 4.69) is 13.8 Å². The number of rotatable bonds is 12. The van der Waals surface area contributed by atoms with Gasteiger partial charge in [0, 0.05) is 12.8 Å². The smallest absolute Gasteiger partial charge is 0.303 e. The van der Waals surface area contributed by atoms with Gasteiger partial charge in [0.2, 0.25) is 0 Å². The number of aliphatic carboxylic acids is 1. The lowest BCUT2D eigenvalue weighted by Crippen LogP contribution is -2.65. The number of unbranched alkanes of at least 4 members (excludes halogenated alkanes) is 1. The third kappa shape index (κ3) is 6.49. The van der Waals surface area contributed by atoms with Gasteiger partial charge >= 0.3 is 5.97 Å². The van der Waals surface area contributed by atoms with Crippen LogP contribution in [-0.4, -0.2) is 41.6 Å². The summed E-state index contributed by atoms with van der Waals surface area (Å²) < 4.78 is 15.0. The normalized spacial score (nSPS) is 23.1. The third-order valence-corrected chi connectivity index (χ3v) is 12.3. The Kier molecular flexibility index (Phi) is 9.45. The molecular formula is C29H39FO4Si. The zero-order valence-electron chi connectivity index (χ0n) is 20.8. The first-order valence-corrected chi connectivity index (χ1v) is 14.6. The maximum Gasteiger partial charge on any atom is 0.303 e. The van der Waals surface area contributed by atoms with Crippen LogP contribution in [0.3, 0.4) is 0 Å². The minimum Gasteiger partial charge on any atom is -0.481 e. The van der Waals surface area contributed by atoms with Crippen molar-refractivity contribution in [2.24, 2.45) is 11.8 Å². The van der Waals surface area contributed by atoms with E-state index in [1.807, 2.05) is 72.8 Å². The van der Waals surface area contributed by atoms with Gasteiger partial charge in [-0.1, -0.05) is 86.7 Å². The van der Waals surface area contributed by atoms with Crippen LogP contribution in [0.5, 0.6) is 0 Å². The molecule has 0 bridgehead atoms. The van der Waals surface area contributed by atoms with Gasteiger partial charge in [-0.2, -0.15) is 0 Å². The summed E-state index contributed by atoms with van der Waals surface area (Å²) in [4.78, 5) is 23.0. The van der Waals surface area contributed by atoms with E-state index in [1.54, 1.807) is 0 Å². The molecule has 0 aromatic heterocycles. The molecule has 1 aliphatic carbocycles. The summed E-state index contributed by atoms with van der Waals surface area (Å²) >= 11 is 0. The third-order valence-electron chi connectivity index (χ3n) is 7.78. The molecular weight excluding hydrogens is 459 g/mol. The number of aliphatic hydroxyl groups excluding tert-OH is 1. The predicted molar refractivity (Wildman–Crippen MR) is 141 cm³/mol. The molecule has 3 N–H and O–H groups in total. The Hall–Kier alpha value is -2.28. The molecule has 35 heavy (non-hydrogen) atoms. The molecule has 2 aromatic carbocycles. The number of hydrogen-bond acceptors (Lipinski definition) is 3. The van der Waals surface area contributed by atoms with Crippen LogP contribution in [-0.2, 0) is 4.79 Å². The summed E-state index contributed by atoms with van der Waals surface area (Å²) in [6.07, 6.45) is 5.52. The first kappa shape index (κ1) is 27.3. The van der Waals surface area contributed by atoms with Crippen molar-refractivity contribution < 1.29 is 24.2 Å².